The first-order chi connectivity index (χ1) is 9.21. The van der Waals surface area contributed by atoms with E-state index in [1.807, 2.05) is 0 Å². The van der Waals surface area contributed by atoms with Crippen molar-refractivity contribution in [2.24, 2.45) is 0 Å². The van der Waals surface area contributed by atoms with Gasteiger partial charge in [0.2, 0.25) is 9.84 Å². The van der Waals surface area contributed by atoms with Crippen LogP contribution in [0.1, 0.15) is 0 Å². The number of halogens is 12. The zero-order chi connectivity index (χ0) is 18.2. The Morgan fingerprint density at radius 1 is 0.545 bits per heavy atom. The molecule has 16 heteroatoms. The molecule has 0 unspecified atom stereocenters. The first kappa shape index (κ1) is 19.5. The Kier molecular flexibility index (Phi) is 3.81. The molecule has 1 rings (SSSR count). The predicted molar refractivity (Wildman–Crippen MR) is 46.2 cm³/mol. The minimum Gasteiger partial charge on any atom is -0.224 e. The zero-order valence-electron chi connectivity index (χ0n) is 9.17. The minimum absolute atomic E-state index is 2.78. The number of rotatable bonds is 0. The SMILES string of the molecule is O=S1(=O)C(C(F)(F)F)(C(F)(F)F)SC1(C(F)(F)F)C(F)(F)F. The predicted octanol–water partition coefficient (Wildman–Crippen LogP) is 3.79. The fourth-order valence-corrected chi connectivity index (χ4v) is 5.94. The van der Waals surface area contributed by atoms with Crippen LogP contribution < -0.4 is 0 Å². The van der Waals surface area contributed by atoms with Crippen molar-refractivity contribution in [2.75, 3.05) is 0 Å². The molecule has 0 N–H and O–H groups in total. The number of hydrogen-bond donors (Lipinski definition) is 0. The van der Waals surface area contributed by atoms with E-state index in [-0.39, 0.29) is 0 Å². The molecule has 22 heavy (non-hydrogen) atoms. The van der Waals surface area contributed by atoms with Gasteiger partial charge in [0, 0.05) is 0 Å². The van der Waals surface area contributed by atoms with Crippen molar-refractivity contribution < 1.29 is 61.1 Å². The van der Waals surface area contributed by atoms with Gasteiger partial charge in [0.1, 0.15) is 0 Å². The van der Waals surface area contributed by atoms with Crippen LogP contribution >= 0.6 is 11.8 Å². The molecule has 1 heterocycles. The van der Waals surface area contributed by atoms with Gasteiger partial charge < -0.3 is 0 Å². The fraction of sp³-hybridized carbons (Fsp3) is 1.00. The third-order valence-electron chi connectivity index (χ3n) is 2.54. The number of alkyl halides is 12. The summed E-state index contributed by atoms with van der Waals surface area (Å²) in [6.45, 7) is 0. The van der Waals surface area contributed by atoms with Gasteiger partial charge in [0.15, 0.2) is 0 Å². The van der Waals surface area contributed by atoms with Crippen LogP contribution in [0.4, 0.5) is 52.7 Å². The lowest BCUT2D eigenvalue weighted by atomic mass is 10.3. The van der Waals surface area contributed by atoms with E-state index in [0.717, 1.165) is 0 Å². The Balaban J connectivity index is 3.81. The van der Waals surface area contributed by atoms with E-state index in [1.165, 1.54) is 0 Å². The van der Waals surface area contributed by atoms with Gasteiger partial charge in [0.25, 0.3) is 0 Å². The van der Waals surface area contributed by atoms with Crippen LogP contribution in [0.2, 0.25) is 0 Å². The molecule has 0 aromatic heterocycles. The second kappa shape index (κ2) is 4.30. The average molecular weight is 396 g/mol. The van der Waals surface area contributed by atoms with E-state index in [2.05, 4.69) is 0 Å². The summed E-state index contributed by atoms with van der Waals surface area (Å²) in [5.41, 5.74) is 0. The van der Waals surface area contributed by atoms with E-state index in [4.69, 9.17) is 0 Å². The maximum absolute atomic E-state index is 12.4. The number of sulfone groups is 1. The molecule has 0 aromatic rings. The summed E-state index contributed by atoms with van der Waals surface area (Å²) in [7, 11) is -7.85. The van der Waals surface area contributed by atoms with E-state index in [1.54, 1.807) is 0 Å². The summed E-state index contributed by atoms with van der Waals surface area (Å²) in [6.07, 6.45) is -27.8. The molecule has 0 amide bonds. The second-order valence-corrected chi connectivity index (χ2v) is 8.01. The van der Waals surface area contributed by atoms with Gasteiger partial charge in [-0.25, -0.2) is 8.42 Å². The molecular weight excluding hydrogens is 396 g/mol. The quantitative estimate of drug-likeness (QED) is 0.585. The molecule has 0 aromatic carbocycles. The van der Waals surface area contributed by atoms with E-state index in [9.17, 15) is 61.1 Å². The van der Waals surface area contributed by atoms with Crippen molar-refractivity contribution in [1.29, 1.82) is 0 Å². The fourth-order valence-electron chi connectivity index (χ4n) is 1.64. The summed E-state index contributed by atoms with van der Waals surface area (Å²) in [5.74, 6) is 0. The molecular formula is C6F12O2S2. The summed E-state index contributed by atoms with van der Waals surface area (Å²) in [4.78, 5) is 0. The van der Waals surface area contributed by atoms with E-state index in [0.29, 0.717) is 0 Å². The van der Waals surface area contributed by atoms with Crippen LogP contribution in [0, 0.1) is 0 Å². The Labute approximate surface area is 116 Å². The molecule has 1 aliphatic rings. The van der Waals surface area contributed by atoms with Crippen molar-refractivity contribution in [3.63, 3.8) is 0 Å². The molecule has 2 nitrogen and oxygen atoms in total. The summed E-state index contributed by atoms with van der Waals surface area (Å²) in [5, 5.41) is 0. The largest absolute Gasteiger partial charge is 0.426 e. The lowest BCUT2D eigenvalue weighted by Gasteiger charge is -2.54. The van der Waals surface area contributed by atoms with Crippen molar-refractivity contribution in [2.45, 2.75) is 32.9 Å². The van der Waals surface area contributed by atoms with Gasteiger partial charge in [0.05, 0.1) is 0 Å². The number of hydrogen-bond acceptors (Lipinski definition) is 3. The van der Waals surface area contributed by atoms with Gasteiger partial charge in [-0.15, -0.1) is 0 Å². The van der Waals surface area contributed by atoms with Gasteiger partial charge >= 0.3 is 32.9 Å². The molecule has 1 aliphatic heterocycles. The molecule has 1 saturated heterocycles. The van der Waals surface area contributed by atoms with Crippen molar-refractivity contribution in [3.8, 4) is 0 Å². The molecule has 1 fully saturated rings. The average Bonchev–Trinajstić information content (AvgIpc) is 2.06. The second-order valence-electron chi connectivity index (χ2n) is 3.83. The van der Waals surface area contributed by atoms with Crippen LogP contribution in [0.5, 0.6) is 0 Å². The monoisotopic (exact) mass is 396 g/mol. The lowest BCUT2D eigenvalue weighted by Crippen LogP contribution is -2.81. The Morgan fingerprint density at radius 3 is 0.818 bits per heavy atom. The van der Waals surface area contributed by atoms with Crippen LogP contribution in [0.15, 0.2) is 0 Å². The Morgan fingerprint density at radius 2 is 0.727 bits per heavy atom. The van der Waals surface area contributed by atoms with Crippen LogP contribution in [-0.4, -0.2) is 41.3 Å². The molecule has 0 saturated carbocycles. The maximum Gasteiger partial charge on any atom is 0.426 e. The lowest BCUT2D eigenvalue weighted by molar-refractivity contribution is -0.263. The highest BCUT2D eigenvalue weighted by molar-refractivity contribution is 8.32. The maximum atomic E-state index is 12.4. The summed E-state index contributed by atoms with van der Waals surface area (Å²) in [6, 6.07) is 0. The van der Waals surface area contributed by atoms with Gasteiger partial charge in [-0.1, -0.05) is 11.8 Å². The van der Waals surface area contributed by atoms with Crippen LogP contribution in [0.25, 0.3) is 0 Å². The normalized spacial score (nSPS) is 24.7. The zero-order valence-corrected chi connectivity index (χ0v) is 10.8. The highest BCUT2D eigenvalue weighted by atomic mass is 32.3. The standard InChI is InChI=1S/C6F12O2S2/c7-3(8,9)1(4(10,11)12)21-2(5(13,14)15,6(16,17)18)22(1,19)20. The van der Waals surface area contributed by atoms with Gasteiger partial charge in [-0.05, 0) is 0 Å². The van der Waals surface area contributed by atoms with Gasteiger partial charge in [-0.2, -0.15) is 52.7 Å². The molecule has 132 valence electrons. The minimum atomic E-state index is -7.85. The van der Waals surface area contributed by atoms with Crippen molar-refractivity contribution in [1.82, 2.24) is 0 Å². The third-order valence-corrected chi connectivity index (χ3v) is 8.29. The first-order valence-electron chi connectivity index (χ1n) is 4.42. The molecule has 0 aliphatic carbocycles. The Hall–Kier alpha value is -0.540. The third kappa shape index (κ3) is 1.88. The summed E-state index contributed by atoms with van der Waals surface area (Å²) >= 11 is -2.78. The van der Waals surface area contributed by atoms with Crippen LogP contribution in [-0.2, 0) is 9.84 Å². The molecule has 0 spiro atoms. The summed E-state index contributed by atoms with van der Waals surface area (Å²) < 4.78 is 159. The van der Waals surface area contributed by atoms with Crippen molar-refractivity contribution in [3.05, 3.63) is 0 Å². The Bertz CT molecular complexity index is 488. The smallest absolute Gasteiger partial charge is 0.224 e. The highest BCUT2D eigenvalue weighted by Gasteiger charge is 3.01. The van der Waals surface area contributed by atoms with Gasteiger partial charge in [-0.3, -0.25) is 0 Å². The number of thioether (sulfide) groups is 1. The van der Waals surface area contributed by atoms with Crippen LogP contribution in [0.3, 0.4) is 0 Å². The molecule has 0 bridgehead atoms. The van der Waals surface area contributed by atoms with E-state index < -0.39 is 54.5 Å². The van der Waals surface area contributed by atoms with Crippen molar-refractivity contribution >= 4 is 21.6 Å². The highest BCUT2D eigenvalue weighted by Crippen LogP contribution is 2.77. The molecule has 0 atom stereocenters. The van der Waals surface area contributed by atoms with E-state index >= 15 is 0 Å². The molecule has 0 radical (unpaired) electrons. The topological polar surface area (TPSA) is 34.1 Å². The first-order valence-corrected chi connectivity index (χ1v) is 6.72.